The standard InChI is InChI=1S/C17H18FN3/c1-2-12-13(11-5-3-4-6-11)7-8-14(17(12)18)15-9-21-16(19)10-20-15/h2,7-11H,1,3-6H2,(H2,19,21). The predicted molar refractivity (Wildman–Crippen MR) is 83.1 cm³/mol. The lowest BCUT2D eigenvalue weighted by molar-refractivity contribution is 0.618. The maximum absolute atomic E-state index is 14.8. The van der Waals surface area contributed by atoms with Crippen LogP contribution in [0.15, 0.2) is 31.1 Å². The summed E-state index contributed by atoms with van der Waals surface area (Å²) in [6.45, 7) is 3.78. The van der Waals surface area contributed by atoms with Crippen molar-refractivity contribution in [2.24, 2.45) is 0 Å². The molecule has 0 atom stereocenters. The summed E-state index contributed by atoms with van der Waals surface area (Å²) in [5.74, 6) is 0.498. The molecule has 0 unspecified atom stereocenters. The van der Waals surface area contributed by atoms with Gasteiger partial charge in [0.05, 0.1) is 18.1 Å². The molecule has 1 heterocycles. The first kappa shape index (κ1) is 13.7. The molecular weight excluding hydrogens is 265 g/mol. The lowest BCUT2D eigenvalue weighted by Gasteiger charge is -2.16. The average Bonchev–Trinajstić information content (AvgIpc) is 3.02. The predicted octanol–water partition coefficient (Wildman–Crippen LogP) is 4.17. The summed E-state index contributed by atoms with van der Waals surface area (Å²) >= 11 is 0. The second kappa shape index (κ2) is 5.64. The normalized spacial score (nSPS) is 15.3. The Bertz CT molecular complexity index is 658. The third-order valence-electron chi connectivity index (χ3n) is 4.16. The maximum atomic E-state index is 14.8. The number of rotatable bonds is 3. The van der Waals surface area contributed by atoms with E-state index < -0.39 is 0 Å². The average molecular weight is 283 g/mol. The SMILES string of the molecule is C=Cc1c(C2CCCC2)ccc(-c2cnc(N)cn2)c1F. The van der Waals surface area contributed by atoms with Gasteiger partial charge in [0.1, 0.15) is 11.6 Å². The Morgan fingerprint density at radius 2 is 1.95 bits per heavy atom. The fourth-order valence-electron chi connectivity index (χ4n) is 3.08. The molecule has 2 N–H and O–H groups in total. The van der Waals surface area contributed by atoms with Gasteiger partial charge < -0.3 is 5.73 Å². The Morgan fingerprint density at radius 1 is 1.19 bits per heavy atom. The van der Waals surface area contributed by atoms with Crippen molar-refractivity contribution >= 4 is 11.9 Å². The van der Waals surface area contributed by atoms with Crippen molar-refractivity contribution in [2.45, 2.75) is 31.6 Å². The minimum absolute atomic E-state index is 0.270. The number of benzene rings is 1. The number of anilines is 1. The number of nitrogen functional groups attached to an aromatic ring is 1. The molecule has 1 aromatic heterocycles. The highest BCUT2D eigenvalue weighted by Crippen LogP contribution is 2.38. The summed E-state index contributed by atoms with van der Waals surface area (Å²) in [5, 5.41) is 0. The first-order valence-electron chi connectivity index (χ1n) is 7.23. The molecule has 1 aromatic carbocycles. The van der Waals surface area contributed by atoms with Crippen molar-refractivity contribution < 1.29 is 4.39 Å². The molecule has 1 aliphatic rings. The van der Waals surface area contributed by atoms with E-state index in [9.17, 15) is 4.39 Å². The number of nitrogens with two attached hydrogens (primary N) is 1. The zero-order chi connectivity index (χ0) is 14.8. The lowest BCUT2D eigenvalue weighted by atomic mass is 9.90. The van der Waals surface area contributed by atoms with Crippen LogP contribution in [0, 0.1) is 5.82 Å². The Labute approximate surface area is 123 Å². The van der Waals surface area contributed by atoms with Gasteiger partial charge in [0, 0.05) is 11.1 Å². The number of hydrogen-bond acceptors (Lipinski definition) is 3. The molecule has 0 bridgehead atoms. The summed E-state index contributed by atoms with van der Waals surface area (Å²) in [6, 6.07) is 3.79. The van der Waals surface area contributed by atoms with E-state index in [0.29, 0.717) is 28.6 Å². The van der Waals surface area contributed by atoms with Crippen LogP contribution in [-0.2, 0) is 0 Å². The van der Waals surface area contributed by atoms with E-state index in [4.69, 9.17) is 5.73 Å². The smallest absolute Gasteiger partial charge is 0.141 e. The van der Waals surface area contributed by atoms with Gasteiger partial charge in [0.15, 0.2) is 0 Å². The van der Waals surface area contributed by atoms with Crippen LogP contribution in [0.2, 0.25) is 0 Å². The highest BCUT2D eigenvalue weighted by Gasteiger charge is 2.22. The van der Waals surface area contributed by atoms with Gasteiger partial charge in [-0.2, -0.15) is 0 Å². The molecule has 2 aromatic rings. The van der Waals surface area contributed by atoms with Crippen molar-refractivity contribution in [3.05, 3.63) is 48.0 Å². The van der Waals surface area contributed by atoms with Crippen LogP contribution in [0.4, 0.5) is 10.2 Å². The molecule has 0 amide bonds. The first-order valence-corrected chi connectivity index (χ1v) is 7.23. The Hall–Kier alpha value is -2.23. The molecule has 0 aliphatic heterocycles. The first-order chi connectivity index (χ1) is 10.2. The third kappa shape index (κ3) is 2.53. The zero-order valence-corrected chi connectivity index (χ0v) is 11.8. The van der Waals surface area contributed by atoms with Gasteiger partial charge in [0.2, 0.25) is 0 Å². The summed E-state index contributed by atoms with van der Waals surface area (Å²) in [5.41, 5.74) is 8.11. The van der Waals surface area contributed by atoms with E-state index in [2.05, 4.69) is 16.5 Å². The minimum atomic E-state index is -0.270. The largest absolute Gasteiger partial charge is 0.382 e. The quantitative estimate of drug-likeness (QED) is 0.920. The van der Waals surface area contributed by atoms with Gasteiger partial charge in [-0.3, -0.25) is 4.98 Å². The van der Waals surface area contributed by atoms with Crippen molar-refractivity contribution in [1.82, 2.24) is 9.97 Å². The second-order valence-corrected chi connectivity index (χ2v) is 5.44. The molecule has 108 valence electrons. The van der Waals surface area contributed by atoms with E-state index in [1.54, 1.807) is 12.1 Å². The van der Waals surface area contributed by atoms with Crippen molar-refractivity contribution in [2.75, 3.05) is 5.73 Å². The Morgan fingerprint density at radius 3 is 2.57 bits per heavy atom. The van der Waals surface area contributed by atoms with Crippen LogP contribution >= 0.6 is 0 Å². The molecule has 1 aliphatic carbocycles. The molecule has 3 nitrogen and oxygen atoms in total. The van der Waals surface area contributed by atoms with Gasteiger partial charge in [-0.05, 0) is 30.4 Å². The number of nitrogens with zero attached hydrogens (tertiary/aromatic N) is 2. The molecule has 1 saturated carbocycles. The summed E-state index contributed by atoms with van der Waals surface area (Å²) in [6.07, 6.45) is 9.23. The van der Waals surface area contributed by atoms with Crippen molar-refractivity contribution in [3.63, 3.8) is 0 Å². The fraction of sp³-hybridized carbons (Fsp3) is 0.294. The van der Waals surface area contributed by atoms with Gasteiger partial charge in [0.25, 0.3) is 0 Å². The molecular formula is C17H18FN3. The van der Waals surface area contributed by atoms with Gasteiger partial charge in [-0.25, -0.2) is 9.37 Å². The van der Waals surface area contributed by atoms with E-state index in [1.165, 1.54) is 25.2 Å². The van der Waals surface area contributed by atoms with E-state index in [-0.39, 0.29) is 5.82 Å². The summed E-state index contributed by atoms with van der Waals surface area (Å²) in [7, 11) is 0. The van der Waals surface area contributed by atoms with Gasteiger partial charge in [-0.1, -0.05) is 31.6 Å². The molecule has 0 spiro atoms. The van der Waals surface area contributed by atoms with Crippen LogP contribution in [0.5, 0.6) is 0 Å². The lowest BCUT2D eigenvalue weighted by Crippen LogP contribution is -2.01. The van der Waals surface area contributed by atoms with Crippen LogP contribution < -0.4 is 5.73 Å². The number of hydrogen-bond donors (Lipinski definition) is 1. The topological polar surface area (TPSA) is 51.8 Å². The van der Waals surface area contributed by atoms with E-state index in [0.717, 1.165) is 18.4 Å². The maximum Gasteiger partial charge on any atom is 0.141 e. The van der Waals surface area contributed by atoms with Crippen LogP contribution in [-0.4, -0.2) is 9.97 Å². The molecule has 0 radical (unpaired) electrons. The molecule has 1 fully saturated rings. The third-order valence-corrected chi connectivity index (χ3v) is 4.16. The highest BCUT2D eigenvalue weighted by molar-refractivity contribution is 5.67. The monoisotopic (exact) mass is 283 g/mol. The Balaban J connectivity index is 2.07. The summed E-state index contributed by atoms with van der Waals surface area (Å²) in [4.78, 5) is 8.12. The summed E-state index contributed by atoms with van der Waals surface area (Å²) < 4.78 is 14.8. The fourth-order valence-corrected chi connectivity index (χ4v) is 3.08. The molecule has 21 heavy (non-hydrogen) atoms. The van der Waals surface area contributed by atoms with Gasteiger partial charge in [-0.15, -0.1) is 0 Å². The zero-order valence-electron chi connectivity index (χ0n) is 11.8. The molecule has 3 rings (SSSR count). The van der Waals surface area contributed by atoms with Crippen LogP contribution in [0.3, 0.4) is 0 Å². The van der Waals surface area contributed by atoms with Crippen molar-refractivity contribution in [3.8, 4) is 11.3 Å². The van der Waals surface area contributed by atoms with Gasteiger partial charge >= 0.3 is 0 Å². The van der Waals surface area contributed by atoms with E-state index in [1.807, 2.05) is 6.07 Å². The molecule has 4 heteroatoms. The van der Waals surface area contributed by atoms with Crippen LogP contribution in [0.25, 0.3) is 17.3 Å². The highest BCUT2D eigenvalue weighted by atomic mass is 19.1. The number of halogens is 1. The Kier molecular flexibility index (Phi) is 3.69. The number of aromatic nitrogens is 2. The molecule has 0 saturated heterocycles. The minimum Gasteiger partial charge on any atom is -0.382 e. The second-order valence-electron chi connectivity index (χ2n) is 5.44. The van der Waals surface area contributed by atoms with E-state index >= 15 is 0 Å². The van der Waals surface area contributed by atoms with Crippen molar-refractivity contribution in [1.29, 1.82) is 0 Å². The van der Waals surface area contributed by atoms with Crippen LogP contribution in [0.1, 0.15) is 42.7 Å².